The van der Waals surface area contributed by atoms with Gasteiger partial charge in [0.05, 0.1) is 5.75 Å². The van der Waals surface area contributed by atoms with Crippen molar-refractivity contribution in [2.45, 2.75) is 58.7 Å². The van der Waals surface area contributed by atoms with Gasteiger partial charge in [-0.25, -0.2) is 0 Å². The van der Waals surface area contributed by atoms with Crippen molar-refractivity contribution in [2.75, 3.05) is 11.1 Å². The van der Waals surface area contributed by atoms with Gasteiger partial charge in [0.15, 0.2) is 5.16 Å². The number of hydrogen-bond donors (Lipinski definition) is 1. The van der Waals surface area contributed by atoms with Crippen LogP contribution in [0.2, 0.25) is 0 Å². The first-order valence-corrected chi connectivity index (χ1v) is 9.52. The maximum absolute atomic E-state index is 12.3. The summed E-state index contributed by atoms with van der Waals surface area (Å²) in [6, 6.07) is 6.10. The maximum Gasteiger partial charge on any atom is 0.234 e. The fourth-order valence-electron chi connectivity index (χ4n) is 2.66. The van der Waals surface area contributed by atoms with E-state index >= 15 is 0 Å². The van der Waals surface area contributed by atoms with Gasteiger partial charge in [-0.2, -0.15) is 0 Å². The molecule has 0 fully saturated rings. The summed E-state index contributed by atoms with van der Waals surface area (Å²) in [7, 11) is 0. The number of aromatic nitrogens is 3. The Morgan fingerprint density at radius 3 is 2.71 bits per heavy atom. The third-order valence-corrected chi connectivity index (χ3v) is 4.89. The summed E-state index contributed by atoms with van der Waals surface area (Å²) in [5.74, 6) is 1.32. The monoisotopic (exact) mass is 346 g/mol. The van der Waals surface area contributed by atoms with E-state index in [4.69, 9.17) is 0 Å². The normalized spacial score (nSPS) is 10.8. The number of nitrogens with one attached hydrogen (secondary N) is 1. The summed E-state index contributed by atoms with van der Waals surface area (Å²) in [5, 5.41) is 12.3. The SMILES string of the molecule is CCCc1nnc(SCC(=O)Nc2c(C)cccc2CC)n1CC. The van der Waals surface area contributed by atoms with Crippen molar-refractivity contribution in [2.24, 2.45) is 0 Å². The highest BCUT2D eigenvalue weighted by molar-refractivity contribution is 7.99. The van der Waals surface area contributed by atoms with E-state index in [9.17, 15) is 4.79 Å². The highest BCUT2D eigenvalue weighted by atomic mass is 32.2. The Morgan fingerprint density at radius 1 is 1.25 bits per heavy atom. The van der Waals surface area contributed by atoms with Crippen molar-refractivity contribution in [1.29, 1.82) is 0 Å². The van der Waals surface area contributed by atoms with E-state index < -0.39 is 0 Å². The molecule has 6 heteroatoms. The standard InChI is InChI=1S/C18H26N4OS/c1-5-9-15-20-21-18(22(15)7-3)24-12-16(23)19-17-13(4)10-8-11-14(17)6-2/h8,10-11H,5-7,9,12H2,1-4H3,(H,19,23). The highest BCUT2D eigenvalue weighted by Crippen LogP contribution is 2.22. The van der Waals surface area contributed by atoms with Crippen LogP contribution in [-0.2, 0) is 24.2 Å². The molecule has 0 aliphatic rings. The predicted octanol–water partition coefficient (Wildman–Crippen LogP) is 3.85. The molecule has 0 saturated heterocycles. The number of aryl methyl sites for hydroxylation is 3. The molecule has 1 heterocycles. The smallest absolute Gasteiger partial charge is 0.234 e. The zero-order valence-corrected chi connectivity index (χ0v) is 15.7. The minimum atomic E-state index is -0.00769. The van der Waals surface area contributed by atoms with Gasteiger partial charge in [0.25, 0.3) is 0 Å². The number of carbonyl (C=O) groups is 1. The number of rotatable bonds is 8. The van der Waals surface area contributed by atoms with E-state index in [1.807, 2.05) is 19.1 Å². The predicted molar refractivity (Wildman–Crippen MR) is 99.6 cm³/mol. The van der Waals surface area contributed by atoms with Crippen molar-refractivity contribution in [3.8, 4) is 0 Å². The average molecular weight is 347 g/mol. The molecule has 0 aliphatic heterocycles. The van der Waals surface area contributed by atoms with Crippen molar-refractivity contribution < 1.29 is 4.79 Å². The first kappa shape index (κ1) is 18.5. The Balaban J connectivity index is 2.02. The molecule has 0 spiro atoms. The van der Waals surface area contributed by atoms with Crippen LogP contribution in [0.4, 0.5) is 5.69 Å². The Morgan fingerprint density at radius 2 is 2.04 bits per heavy atom. The van der Waals surface area contributed by atoms with Crippen molar-refractivity contribution in [1.82, 2.24) is 14.8 Å². The molecule has 130 valence electrons. The van der Waals surface area contributed by atoms with Gasteiger partial charge in [0.2, 0.25) is 5.91 Å². The number of thioether (sulfide) groups is 1. The van der Waals surface area contributed by atoms with Crippen LogP contribution >= 0.6 is 11.8 Å². The zero-order valence-electron chi connectivity index (χ0n) is 14.9. The molecule has 1 aromatic carbocycles. The molecule has 0 atom stereocenters. The molecule has 1 amide bonds. The van der Waals surface area contributed by atoms with Crippen LogP contribution in [-0.4, -0.2) is 26.4 Å². The molecule has 2 aromatic rings. The van der Waals surface area contributed by atoms with Crippen LogP contribution in [0.1, 0.15) is 44.1 Å². The number of anilines is 1. The molecule has 1 N–H and O–H groups in total. The van der Waals surface area contributed by atoms with Crippen molar-refractivity contribution in [3.05, 3.63) is 35.2 Å². The van der Waals surface area contributed by atoms with Gasteiger partial charge >= 0.3 is 0 Å². The lowest BCUT2D eigenvalue weighted by Crippen LogP contribution is -2.16. The van der Waals surface area contributed by atoms with Crippen LogP contribution in [0, 0.1) is 6.92 Å². The van der Waals surface area contributed by atoms with Gasteiger partial charge < -0.3 is 9.88 Å². The number of hydrogen-bond acceptors (Lipinski definition) is 4. The summed E-state index contributed by atoms with van der Waals surface area (Å²) in [6.45, 7) is 9.14. The molecular weight excluding hydrogens is 320 g/mol. The molecule has 0 radical (unpaired) electrons. The molecule has 1 aromatic heterocycles. The van der Waals surface area contributed by atoms with E-state index in [0.717, 1.165) is 53.6 Å². The minimum absolute atomic E-state index is 0.00769. The molecule has 0 unspecified atom stereocenters. The third-order valence-electron chi connectivity index (χ3n) is 3.92. The van der Waals surface area contributed by atoms with Crippen LogP contribution in [0.25, 0.3) is 0 Å². The number of nitrogens with zero attached hydrogens (tertiary/aromatic N) is 3. The second-order valence-corrected chi connectivity index (χ2v) is 6.63. The second kappa shape index (κ2) is 8.87. The van der Waals surface area contributed by atoms with Gasteiger partial charge in [0, 0.05) is 18.7 Å². The third kappa shape index (κ3) is 4.38. The second-order valence-electron chi connectivity index (χ2n) is 5.69. The van der Waals surface area contributed by atoms with Crippen LogP contribution < -0.4 is 5.32 Å². The largest absolute Gasteiger partial charge is 0.325 e. The summed E-state index contributed by atoms with van der Waals surface area (Å²) in [5.41, 5.74) is 3.19. The van der Waals surface area contributed by atoms with Crippen LogP contribution in [0.3, 0.4) is 0 Å². The molecule has 24 heavy (non-hydrogen) atoms. The van der Waals surface area contributed by atoms with Gasteiger partial charge in [-0.05, 0) is 37.8 Å². The lowest BCUT2D eigenvalue weighted by Gasteiger charge is -2.13. The van der Waals surface area contributed by atoms with Crippen LogP contribution in [0.5, 0.6) is 0 Å². The molecule has 5 nitrogen and oxygen atoms in total. The fourth-order valence-corrected chi connectivity index (χ4v) is 3.48. The number of benzene rings is 1. The van der Waals surface area contributed by atoms with Gasteiger partial charge in [-0.15, -0.1) is 10.2 Å². The van der Waals surface area contributed by atoms with Crippen molar-refractivity contribution >= 4 is 23.4 Å². The molecule has 0 bridgehead atoms. The summed E-state index contributed by atoms with van der Waals surface area (Å²) >= 11 is 1.44. The lowest BCUT2D eigenvalue weighted by atomic mass is 10.1. The number of carbonyl (C=O) groups excluding carboxylic acids is 1. The lowest BCUT2D eigenvalue weighted by molar-refractivity contribution is -0.113. The highest BCUT2D eigenvalue weighted by Gasteiger charge is 2.14. The van der Waals surface area contributed by atoms with Gasteiger partial charge in [-0.1, -0.05) is 43.8 Å². The number of para-hydroxylation sites is 1. The first-order valence-electron chi connectivity index (χ1n) is 8.53. The summed E-state index contributed by atoms with van der Waals surface area (Å²) in [6.07, 6.45) is 2.85. The van der Waals surface area contributed by atoms with Crippen molar-refractivity contribution in [3.63, 3.8) is 0 Å². The Labute approximate surface area is 148 Å². The van der Waals surface area contributed by atoms with E-state index in [-0.39, 0.29) is 5.91 Å². The summed E-state index contributed by atoms with van der Waals surface area (Å²) in [4.78, 5) is 12.3. The van der Waals surface area contributed by atoms with Crippen LogP contribution in [0.15, 0.2) is 23.4 Å². The average Bonchev–Trinajstić information content (AvgIpc) is 2.97. The van der Waals surface area contributed by atoms with Gasteiger partial charge in [0.1, 0.15) is 5.82 Å². The molecule has 2 rings (SSSR count). The van der Waals surface area contributed by atoms with E-state index in [0.29, 0.717) is 5.75 Å². The minimum Gasteiger partial charge on any atom is -0.325 e. The van der Waals surface area contributed by atoms with Gasteiger partial charge in [-0.3, -0.25) is 4.79 Å². The van der Waals surface area contributed by atoms with E-state index in [1.165, 1.54) is 11.8 Å². The quantitative estimate of drug-likeness (QED) is 0.738. The van der Waals surface area contributed by atoms with E-state index in [1.54, 1.807) is 0 Å². The number of amides is 1. The zero-order chi connectivity index (χ0) is 17.5. The molecular formula is C18H26N4OS. The fraction of sp³-hybridized carbons (Fsp3) is 0.500. The topological polar surface area (TPSA) is 59.8 Å². The summed E-state index contributed by atoms with van der Waals surface area (Å²) < 4.78 is 2.09. The molecule has 0 aliphatic carbocycles. The Bertz CT molecular complexity index is 696. The first-order chi connectivity index (χ1) is 11.6. The van der Waals surface area contributed by atoms with E-state index in [2.05, 4.69) is 46.9 Å². The Kier molecular flexibility index (Phi) is 6.85. The molecule has 0 saturated carbocycles. The Hall–Kier alpha value is -1.82. The maximum atomic E-state index is 12.3.